The Labute approximate surface area is 158 Å². The fraction of sp³-hybridized carbons (Fsp3) is 0.316. The zero-order chi connectivity index (χ0) is 18.4. The first-order valence-electron chi connectivity index (χ1n) is 8.12. The van der Waals surface area contributed by atoms with Gasteiger partial charge in [-0.05, 0) is 43.2 Å². The van der Waals surface area contributed by atoms with Crippen LogP contribution >= 0.6 is 23.2 Å². The third-order valence-electron chi connectivity index (χ3n) is 3.89. The van der Waals surface area contributed by atoms with Gasteiger partial charge in [0.2, 0.25) is 0 Å². The summed E-state index contributed by atoms with van der Waals surface area (Å²) in [4.78, 5) is 13.3. The van der Waals surface area contributed by atoms with Crippen LogP contribution in [0.4, 0.5) is 5.69 Å². The molecule has 0 aliphatic carbocycles. The van der Waals surface area contributed by atoms with Crippen molar-refractivity contribution in [3.05, 3.63) is 57.6 Å². The summed E-state index contributed by atoms with van der Waals surface area (Å²) in [7, 11) is 1.96. The molecular formula is C19H23Cl2N2O2+. The maximum atomic E-state index is 12.2. The number of carbonyl (C=O) groups is 1. The van der Waals surface area contributed by atoms with Gasteiger partial charge in [-0.15, -0.1) is 0 Å². The fourth-order valence-corrected chi connectivity index (χ4v) is 2.95. The van der Waals surface area contributed by atoms with Gasteiger partial charge in [-0.25, -0.2) is 0 Å². The SMILES string of the molecule is Cc1cccc(C)c1NC(=O)C[NH+](C)CCOc1ccc(Cl)cc1Cl. The topological polar surface area (TPSA) is 42.8 Å². The highest BCUT2D eigenvalue weighted by Gasteiger charge is 2.13. The van der Waals surface area contributed by atoms with Gasteiger partial charge in [-0.3, -0.25) is 4.79 Å². The second-order valence-electron chi connectivity index (χ2n) is 6.12. The summed E-state index contributed by atoms with van der Waals surface area (Å²) in [6.07, 6.45) is 0. The zero-order valence-corrected chi connectivity index (χ0v) is 16.2. The van der Waals surface area contributed by atoms with E-state index >= 15 is 0 Å². The molecule has 2 N–H and O–H groups in total. The Kier molecular flexibility index (Phi) is 7.12. The Morgan fingerprint density at radius 1 is 1.16 bits per heavy atom. The average molecular weight is 382 g/mol. The van der Waals surface area contributed by atoms with E-state index in [9.17, 15) is 4.79 Å². The van der Waals surface area contributed by atoms with E-state index in [4.69, 9.17) is 27.9 Å². The van der Waals surface area contributed by atoms with Gasteiger partial charge < -0.3 is 15.0 Å². The highest BCUT2D eigenvalue weighted by Crippen LogP contribution is 2.27. The van der Waals surface area contributed by atoms with Crippen LogP contribution in [0.15, 0.2) is 36.4 Å². The lowest BCUT2D eigenvalue weighted by atomic mass is 10.1. The van der Waals surface area contributed by atoms with Crippen molar-refractivity contribution in [3.8, 4) is 5.75 Å². The lowest BCUT2D eigenvalue weighted by Gasteiger charge is -2.16. The van der Waals surface area contributed by atoms with Crippen molar-refractivity contribution in [1.29, 1.82) is 0 Å². The van der Waals surface area contributed by atoms with Gasteiger partial charge in [0.1, 0.15) is 18.9 Å². The number of nitrogens with one attached hydrogen (secondary N) is 2. The molecule has 1 atom stereocenters. The molecule has 0 fully saturated rings. The third kappa shape index (κ3) is 5.92. The normalized spacial score (nSPS) is 11.9. The van der Waals surface area contributed by atoms with Gasteiger partial charge in [0, 0.05) is 10.7 Å². The Balaban J connectivity index is 1.79. The molecule has 0 bridgehead atoms. The van der Waals surface area contributed by atoms with Crippen molar-refractivity contribution >= 4 is 34.8 Å². The highest BCUT2D eigenvalue weighted by molar-refractivity contribution is 6.35. The molecule has 0 saturated heterocycles. The van der Waals surface area contributed by atoms with E-state index in [2.05, 4.69) is 5.32 Å². The van der Waals surface area contributed by atoms with Gasteiger partial charge in [0.05, 0.1) is 12.1 Å². The molecule has 0 aromatic heterocycles. The second kappa shape index (κ2) is 9.09. The summed E-state index contributed by atoms with van der Waals surface area (Å²) < 4.78 is 5.66. The smallest absolute Gasteiger partial charge is 0.279 e. The molecule has 0 spiro atoms. The molecule has 2 aromatic carbocycles. The molecule has 2 rings (SSSR count). The number of quaternary nitrogens is 1. The maximum Gasteiger partial charge on any atom is 0.279 e. The minimum absolute atomic E-state index is 0.0144. The molecule has 0 aliphatic heterocycles. The molecule has 25 heavy (non-hydrogen) atoms. The maximum absolute atomic E-state index is 12.2. The summed E-state index contributed by atoms with van der Waals surface area (Å²) in [6, 6.07) is 11.1. The molecule has 1 unspecified atom stereocenters. The van der Waals surface area contributed by atoms with Crippen LogP contribution in [0.2, 0.25) is 10.0 Å². The molecule has 4 nitrogen and oxygen atoms in total. The van der Waals surface area contributed by atoms with Crippen molar-refractivity contribution in [2.45, 2.75) is 13.8 Å². The Hall–Kier alpha value is -1.75. The lowest BCUT2D eigenvalue weighted by molar-refractivity contribution is -0.871. The number of rotatable bonds is 7. The molecule has 2 aromatic rings. The minimum atomic E-state index is -0.0144. The van der Waals surface area contributed by atoms with Gasteiger partial charge in [0.15, 0.2) is 6.54 Å². The summed E-state index contributed by atoms with van der Waals surface area (Å²) in [5, 5.41) is 4.05. The van der Waals surface area contributed by atoms with Crippen molar-refractivity contribution in [1.82, 2.24) is 0 Å². The van der Waals surface area contributed by atoms with Gasteiger partial charge >= 0.3 is 0 Å². The molecule has 0 saturated carbocycles. The molecule has 134 valence electrons. The number of halogens is 2. The standard InChI is InChI=1S/C19H22Cl2N2O2/c1-13-5-4-6-14(2)19(13)22-18(24)12-23(3)9-10-25-17-8-7-15(20)11-16(17)21/h4-8,11H,9-10,12H2,1-3H3,(H,22,24)/p+1. The van der Waals surface area contributed by atoms with E-state index in [0.29, 0.717) is 35.5 Å². The van der Waals surface area contributed by atoms with E-state index in [0.717, 1.165) is 21.7 Å². The van der Waals surface area contributed by atoms with Gasteiger partial charge in [-0.2, -0.15) is 0 Å². The minimum Gasteiger partial charge on any atom is -0.486 e. The number of hydrogen-bond donors (Lipinski definition) is 2. The third-order valence-corrected chi connectivity index (χ3v) is 4.42. The van der Waals surface area contributed by atoms with E-state index in [-0.39, 0.29) is 5.91 Å². The molecule has 6 heteroatoms. The van der Waals surface area contributed by atoms with Crippen molar-refractivity contribution in [3.63, 3.8) is 0 Å². The fourth-order valence-electron chi connectivity index (χ4n) is 2.49. The Morgan fingerprint density at radius 2 is 1.84 bits per heavy atom. The van der Waals surface area contributed by atoms with Crippen LogP contribution in [0.3, 0.4) is 0 Å². The Bertz CT molecular complexity index is 730. The second-order valence-corrected chi connectivity index (χ2v) is 6.97. The van der Waals surface area contributed by atoms with Crippen LogP contribution in [0.5, 0.6) is 5.75 Å². The highest BCUT2D eigenvalue weighted by atomic mass is 35.5. The zero-order valence-electron chi connectivity index (χ0n) is 14.7. The molecule has 0 radical (unpaired) electrons. The predicted molar refractivity (Wildman–Crippen MR) is 103 cm³/mol. The van der Waals surface area contributed by atoms with Crippen LogP contribution in [0.1, 0.15) is 11.1 Å². The average Bonchev–Trinajstić information content (AvgIpc) is 2.53. The van der Waals surface area contributed by atoms with Crippen molar-refractivity contribution in [2.75, 3.05) is 32.1 Å². The summed E-state index contributed by atoms with van der Waals surface area (Å²) >= 11 is 11.9. The van der Waals surface area contributed by atoms with Gasteiger partial charge in [-0.1, -0.05) is 41.4 Å². The van der Waals surface area contributed by atoms with Crippen LogP contribution in [0, 0.1) is 13.8 Å². The lowest BCUT2D eigenvalue weighted by Crippen LogP contribution is -3.10. The first kappa shape index (κ1) is 19.6. The van der Waals surface area contributed by atoms with E-state index in [1.807, 2.05) is 39.1 Å². The number of amides is 1. The number of carbonyl (C=O) groups excluding carboxylic acids is 1. The monoisotopic (exact) mass is 381 g/mol. The van der Waals surface area contributed by atoms with Crippen LogP contribution in [-0.4, -0.2) is 32.7 Å². The number of para-hydroxylation sites is 1. The summed E-state index contributed by atoms with van der Waals surface area (Å²) in [5.74, 6) is 0.582. The first-order chi connectivity index (χ1) is 11.9. The number of anilines is 1. The predicted octanol–water partition coefficient (Wildman–Crippen LogP) is 3.14. The van der Waals surface area contributed by atoms with E-state index in [1.54, 1.807) is 18.2 Å². The summed E-state index contributed by atoms with van der Waals surface area (Å²) in [6.45, 7) is 5.49. The molecule has 0 heterocycles. The van der Waals surface area contributed by atoms with Crippen molar-refractivity contribution in [2.24, 2.45) is 0 Å². The summed E-state index contributed by atoms with van der Waals surface area (Å²) in [5.41, 5.74) is 3.02. The molecule has 0 aliphatic rings. The van der Waals surface area contributed by atoms with E-state index < -0.39 is 0 Å². The number of benzene rings is 2. The van der Waals surface area contributed by atoms with Crippen LogP contribution in [0.25, 0.3) is 0 Å². The number of ether oxygens (including phenoxy) is 1. The van der Waals surface area contributed by atoms with Crippen LogP contribution in [-0.2, 0) is 4.79 Å². The number of hydrogen-bond acceptors (Lipinski definition) is 2. The Morgan fingerprint density at radius 3 is 2.48 bits per heavy atom. The first-order valence-corrected chi connectivity index (χ1v) is 8.87. The largest absolute Gasteiger partial charge is 0.486 e. The number of likely N-dealkylation sites (N-methyl/N-ethyl adjacent to an activating group) is 1. The van der Waals surface area contributed by atoms with Crippen LogP contribution < -0.4 is 15.0 Å². The quantitative estimate of drug-likeness (QED) is 0.773. The van der Waals surface area contributed by atoms with Gasteiger partial charge in [0.25, 0.3) is 5.91 Å². The van der Waals surface area contributed by atoms with E-state index in [1.165, 1.54) is 0 Å². The van der Waals surface area contributed by atoms with Crippen molar-refractivity contribution < 1.29 is 14.4 Å². The number of aryl methyl sites for hydroxylation is 2. The molecule has 1 amide bonds. The molecular weight excluding hydrogens is 359 g/mol.